The first-order valence-electron chi connectivity index (χ1n) is 6.32. The van der Waals surface area contributed by atoms with Gasteiger partial charge in [0.05, 0.1) is 30.9 Å². The second-order valence-corrected chi connectivity index (χ2v) is 4.64. The number of carbonyl (C=O) groups is 1. The first kappa shape index (κ1) is 13.9. The molecule has 1 aliphatic heterocycles. The molecule has 1 atom stereocenters. The third-order valence-electron chi connectivity index (χ3n) is 3.22. The molecule has 1 aromatic carbocycles. The van der Waals surface area contributed by atoms with Gasteiger partial charge in [0.15, 0.2) is 11.6 Å². The van der Waals surface area contributed by atoms with Gasteiger partial charge in [-0.15, -0.1) is 0 Å². The molecule has 0 amide bonds. The number of aromatic nitrogens is 2. The van der Waals surface area contributed by atoms with E-state index in [1.807, 2.05) is 0 Å². The van der Waals surface area contributed by atoms with Crippen molar-refractivity contribution in [1.82, 2.24) is 9.55 Å². The van der Waals surface area contributed by atoms with Crippen molar-refractivity contribution in [2.45, 2.75) is 12.6 Å². The van der Waals surface area contributed by atoms with Gasteiger partial charge in [-0.2, -0.15) is 0 Å². The van der Waals surface area contributed by atoms with Crippen LogP contribution in [0.25, 0.3) is 11.0 Å². The lowest BCUT2D eigenvalue weighted by atomic mass is 10.3. The minimum absolute atomic E-state index is 0.180. The fraction of sp³-hybridized carbons (Fsp3) is 0.385. The maximum Gasteiger partial charge on any atom is 0.323 e. The molecule has 6 nitrogen and oxygen atoms in total. The molecule has 112 valence electrons. The van der Waals surface area contributed by atoms with E-state index in [4.69, 9.17) is 14.6 Å². The number of hydrogen-bond donors (Lipinski definition) is 1. The van der Waals surface area contributed by atoms with E-state index in [2.05, 4.69) is 4.98 Å². The third kappa shape index (κ3) is 2.59. The van der Waals surface area contributed by atoms with E-state index in [-0.39, 0.29) is 23.5 Å². The zero-order valence-corrected chi connectivity index (χ0v) is 10.9. The van der Waals surface area contributed by atoms with Crippen LogP contribution in [0.5, 0.6) is 0 Å². The van der Waals surface area contributed by atoms with E-state index in [9.17, 15) is 13.6 Å². The molecule has 21 heavy (non-hydrogen) atoms. The molecule has 2 aromatic rings. The molecule has 1 N–H and O–H groups in total. The first-order valence-corrected chi connectivity index (χ1v) is 6.32. The lowest BCUT2D eigenvalue weighted by Crippen LogP contribution is -2.25. The van der Waals surface area contributed by atoms with Gasteiger partial charge in [-0.3, -0.25) is 4.79 Å². The van der Waals surface area contributed by atoms with Crippen LogP contribution in [-0.2, 0) is 20.8 Å². The Morgan fingerprint density at radius 2 is 2.14 bits per heavy atom. The number of aliphatic carboxylic acids is 1. The van der Waals surface area contributed by atoms with Crippen molar-refractivity contribution in [1.29, 1.82) is 0 Å². The van der Waals surface area contributed by atoms with Gasteiger partial charge in [-0.05, 0) is 0 Å². The lowest BCUT2D eigenvalue weighted by molar-refractivity contribution is -0.138. The number of carboxylic acids is 1. The number of rotatable bonds is 3. The molecular formula is C13H12F2N2O4. The number of hydrogen-bond acceptors (Lipinski definition) is 4. The lowest BCUT2D eigenvalue weighted by Gasteiger charge is -2.23. The zero-order valence-electron chi connectivity index (χ0n) is 10.9. The number of halogens is 2. The number of benzene rings is 1. The molecule has 0 aliphatic carbocycles. The van der Waals surface area contributed by atoms with Crippen molar-refractivity contribution >= 4 is 17.0 Å². The highest BCUT2D eigenvalue weighted by atomic mass is 19.2. The molecule has 1 aliphatic rings. The van der Waals surface area contributed by atoms with Crippen molar-refractivity contribution in [3.63, 3.8) is 0 Å². The number of imidazole rings is 1. The van der Waals surface area contributed by atoms with Crippen LogP contribution in [0.3, 0.4) is 0 Å². The summed E-state index contributed by atoms with van der Waals surface area (Å²) in [5.74, 6) is -2.91. The Labute approximate surface area is 117 Å². The van der Waals surface area contributed by atoms with Crippen LogP contribution in [0.2, 0.25) is 0 Å². The Bertz CT molecular complexity index is 695. The highest BCUT2D eigenvalue weighted by Crippen LogP contribution is 2.26. The Kier molecular flexibility index (Phi) is 3.56. The van der Waals surface area contributed by atoms with Crippen LogP contribution in [-0.4, -0.2) is 40.4 Å². The van der Waals surface area contributed by atoms with E-state index >= 15 is 0 Å². The van der Waals surface area contributed by atoms with Crippen molar-refractivity contribution in [2.24, 2.45) is 0 Å². The van der Waals surface area contributed by atoms with Crippen LogP contribution in [0.4, 0.5) is 8.78 Å². The van der Waals surface area contributed by atoms with E-state index in [0.29, 0.717) is 13.2 Å². The zero-order chi connectivity index (χ0) is 15.0. The molecule has 1 unspecified atom stereocenters. The van der Waals surface area contributed by atoms with Gasteiger partial charge in [0.2, 0.25) is 0 Å². The van der Waals surface area contributed by atoms with Crippen molar-refractivity contribution in [2.75, 3.05) is 19.8 Å². The fourth-order valence-corrected chi connectivity index (χ4v) is 2.32. The van der Waals surface area contributed by atoms with Crippen molar-refractivity contribution in [3.8, 4) is 0 Å². The number of ether oxygens (including phenoxy) is 2. The van der Waals surface area contributed by atoms with Crippen LogP contribution in [0.1, 0.15) is 11.9 Å². The number of nitrogens with zero attached hydrogens (tertiary/aromatic N) is 2. The third-order valence-corrected chi connectivity index (χ3v) is 3.22. The van der Waals surface area contributed by atoms with Gasteiger partial charge < -0.3 is 19.1 Å². The van der Waals surface area contributed by atoms with Gasteiger partial charge in [-0.1, -0.05) is 0 Å². The Balaban J connectivity index is 2.14. The fourth-order valence-electron chi connectivity index (χ4n) is 2.32. The molecule has 3 rings (SSSR count). The first-order chi connectivity index (χ1) is 10.1. The average molecular weight is 298 g/mol. The summed E-state index contributed by atoms with van der Waals surface area (Å²) in [6.45, 7) is 0.591. The topological polar surface area (TPSA) is 73.6 Å². The molecule has 8 heteroatoms. The largest absolute Gasteiger partial charge is 0.480 e. The van der Waals surface area contributed by atoms with Gasteiger partial charge in [0.1, 0.15) is 18.5 Å². The maximum atomic E-state index is 13.4. The summed E-state index contributed by atoms with van der Waals surface area (Å²) >= 11 is 0. The smallest absolute Gasteiger partial charge is 0.323 e. The summed E-state index contributed by atoms with van der Waals surface area (Å²) < 4.78 is 38.8. The Morgan fingerprint density at radius 1 is 1.38 bits per heavy atom. The monoisotopic (exact) mass is 298 g/mol. The van der Waals surface area contributed by atoms with Crippen LogP contribution >= 0.6 is 0 Å². The number of fused-ring (bicyclic) bond motifs is 1. The van der Waals surface area contributed by atoms with Crippen molar-refractivity contribution in [3.05, 3.63) is 29.6 Å². The summed E-state index contributed by atoms with van der Waals surface area (Å²) in [6, 6.07) is 1.88. The molecule has 1 aromatic heterocycles. The van der Waals surface area contributed by atoms with Crippen LogP contribution in [0.15, 0.2) is 12.1 Å². The normalized spacial score (nSPS) is 19.0. The van der Waals surface area contributed by atoms with Gasteiger partial charge in [-0.25, -0.2) is 13.8 Å². The number of carboxylic acid groups (broad SMARTS) is 1. The molecular weight excluding hydrogens is 286 g/mol. The molecule has 1 saturated heterocycles. The molecule has 0 bridgehead atoms. The Hall–Kier alpha value is -2.06. The van der Waals surface area contributed by atoms with Crippen LogP contribution < -0.4 is 0 Å². The van der Waals surface area contributed by atoms with Gasteiger partial charge in [0.25, 0.3) is 0 Å². The maximum absolute atomic E-state index is 13.4. The molecule has 0 radical (unpaired) electrons. The summed E-state index contributed by atoms with van der Waals surface area (Å²) in [6.07, 6.45) is -0.559. The summed E-state index contributed by atoms with van der Waals surface area (Å²) in [5, 5.41) is 9.00. The van der Waals surface area contributed by atoms with E-state index in [1.54, 1.807) is 0 Å². The molecule has 0 spiro atoms. The minimum atomic E-state index is -1.11. The van der Waals surface area contributed by atoms with E-state index in [0.717, 1.165) is 12.1 Å². The van der Waals surface area contributed by atoms with Gasteiger partial charge in [0, 0.05) is 12.1 Å². The summed E-state index contributed by atoms with van der Waals surface area (Å²) in [7, 11) is 0. The minimum Gasteiger partial charge on any atom is -0.480 e. The average Bonchev–Trinajstić information content (AvgIpc) is 2.78. The Morgan fingerprint density at radius 3 is 2.81 bits per heavy atom. The quantitative estimate of drug-likeness (QED) is 0.929. The highest BCUT2D eigenvalue weighted by Gasteiger charge is 2.25. The van der Waals surface area contributed by atoms with Crippen molar-refractivity contribution < 1.29 is 28.2 Å². The molecule has 1 fully saturated rings. The predicted octanol–water partition coefficient (Wildman–Crippen LogP) is 1.49. The highest BCUT2D eigenvalue weighted by molar-refractivity contribution is 5.78. The molecule has 2 heterocycles. The predicted molar refractivity (Wildman–Crippen MR) is 66.8 cm³/mol. The standard InChI is InChI=1S/C13H12F2N2O4/c14-7-3-9-10(4-8(7)15)17(5-12(18)19)13(16-9)11-6-20-1-2-21-11/h3-4,11H,1-2,5-6H2,(H,18,19). The molecule has 0 saturated carbocycles. The van der Waals surface area contributed by atoms with Crippen LogP contribution in [0, 0.1) is 11.6 Å². The van der Waals surface area contributed by atoms with Gasteiger partial charge >= 0.3 is 5.97 Å². The van der Waals surface area contributed by atoms with E-state index in [1.165, 1.54) is 4.57 Å². The summed E-state index contributed by atoms with van der Waals surface area (Å²) in [4.78, 5) is 15.2. The van der Waals surface area contributed by atoms with E-state index < -0.39 is 30.3 Å². The second kappa shape index (κ2) is 5.38. The second-order valence-electron chi connectivity index (χ2n) is 4.64. The SMILES string of the molecule is O=C(O)Cn1c(C2COCCO2)nc2cc(F)c(F)cc21. The summed E-state index contributed by atoms with van der Waals surface area (Å²) in [5.41, 5.74) is 0.389.